The highest BCUT2D eigenvalue weighted by Crippen LogP contribution is 2.32. The maximum atomic E-state index is 13.3. The molecule has 46 heavy (non-hydrogen) atoms. The van der Waals surface area contributed by atoms with Crippen molar-refractivity contribution in [1.82, 2.24) is 24.7 Å². The predicted octanol–water partition coefficient (Wildman–Crippen LogP) is 5.53. The summed E-state index contributed by atoms with van der Waals surface area (Å²) >= 11 is 0. The Hall–Kier alpha value is -4.25. The summed E-state index contributed by atoms with van der Waals surface area (Å²) < 4.78 is 7.49. The number of carbonyl (C=O) groups excluding carboxylic acids is 2. The summed E-state index contributed by atoms with van der Waals surface area (Å²) in [4.78, 5) is 37.2. The number of likely N-dealkylation sites (N-methyl/N-ethyl adjacent to an activating group) is 1. The summed E-state index contributed by atoms with van der Waals surface area (Å²) in [5.41, 5.74) is 4.56. The first-order valence-corrected chi connectivity index (χ1v) is 16.3. The number of benzene rings is 2. The molecule has 4 aromatic rings. The van der Waals surface area contributed by atoms with Gasteiger partial charge in [0.15, 0.2) is 0 Å². The van der Waals surface area contributed by atoms with Gasteiger partial charge in [0.1, 0.15) is 5.82 Å². The van der Waals surface area contributed by atoms with Crippen LogP contribution in [0, 0.1) is 0 Å². The maximum Gasteiger partial charge on any atom is 0.325 e. The second kappa shape index (κ2) is 14.0. The third-order valence-electron chi connectivity index (χ3n) is 9.22. The number of piperidine rings is 1. The fourth-order valence-electron chi connectivity index (χ4n) is 6.63. The third-order valence-corrected chi connectivity index (χ3v) is 9.22. The van der Waals surface area contributed by atoms with E-state index in [2.05, 4.69) is 55.6 Å². The number of ether oxygens (including phenoxy) is 1. The smallest absolute Gasteiger partial charge is 0.325 e. The Morgan fingerprint density at radius 3 is 2.43 bits per heavy atom. The van der Waals surface area contributed by atoms with E-state index in [1.54, 1.807) is 24.0 Å². The van der Waals surface area contributed by atoms with Crippen LogP contribution in [0.4, 0.5) is 22.0 Å². The van der Waals surface area contributed by atoms with Crippen LogP contribution in [0.5, 0.6) is 0 Å². The minimum absolute atomic E-state index is 0.104. The fraction of sp³-hybridized carbons (Fsp3) is 0.417. The number of aromatic nitrogens is 2. The highest BCUT2D eigenvalue weighted by Gasteiger charge is 2.32. The number of rotatable bonds is 10. The van der Waals surface area contributed by atoms with Crippen molar-refractivity contribution in [3.8, 4) is 0 Å². The zero-order valence-corrected chi connectivity index (χ0v) is 27.3. The Labute approximate surface area is 271 Å². The van der Waals surface area contributed by atoms with Crippen LogP contribution in [-0.2, 0) is 4.74 Å². The Morgan fingerprint density at radius 2 is 1.74 bits per heavy atom. The fourth-order valence-corrected chi connectivity index (χ4v) is 6.63. The van der Waals surface area contributed by atoms with Gasteiger partial charge in [-0.2, -0.15) is 0 Å². The number of nitrogens with one attached hydrogen (secondary N) is 2. The molecule has 2 fully saturated rings. The number of carbonyl (C=O) groups is 2. The highest BCUT2D eigenvalue weighted by molar-refractivity contribution is 6.04. The van der Waals surface area contributed by atoms with Crippen molar-refractivity contribution in [2.75, 3.05) is 63.6 Å². The first-order valence-electron chi connectivity index (χ1n) is 16.3. The van der Waals surface area contributed by atoms with Crippen molar-refractivity contribution in [3.05, 3.63) is 84.2 Å². The summed E-state index contributed by atoms with van der Waals surface area (Å²) in [7, 11) is 3.80. The van der Waals surface area contributed by atoms with E-state index in [1.807, 2.05) is 56.3 Å². The SMILES string of the molecule is CNC(=O)n1ccc2cc(N(CCOC(C)C)c3ccnc(NC(=O)c4ccc(C5CCN(C6CN(C)C6)CC5)cc4)c3)ccc21. The second-order valence-electron chi connectivity index (χ2n) is 12.7. The van der Waals surface area contributed by atoms with Gasteiger partial charge in [-0.15, -0.1) is 0 Å². The minimum atomic E-state index is -0.188. The van der Waals surface area contributed by atoms with E-state index < -0.39 is 0 Å². The molecule has 0 bridgehead atoms. The number of hydrogen-bond acceptors (Lipinski definition) is 7. The van der Waals surface area contributed by atoms with Crippen LogP contribution in [0.2, 0.25) is 0 Å². The molecule has 2 aliphatic rings. The first-order chi connectivity index (χ1) is 22.3. The zero-order valence-electron chi connectivity index (χ0n) is 27.3. The van der Waals surface area contributed by atoms with E-state index in [1.165, 1.54) is 18.7 Å². The lowest BCUT2D eigenvalue weighted by molar-refractivity contribution is 0.0363. The monoisotopic (exact) mass is 623 g/mol. The molecule has 0 unspecified atom stereocenters. The van der Waals surface area contributed by atoms with Crippen molar-refractivity contribution >= 4 is 40.0 Å². The van der Waals surface area contributed by atoms with Gasteiger partial charge in [-0.05, 0) is 101 Å². The van der Waals surface area contributed by atoms with E-state index in [-0.39, 0.29) is 18.0 Å². The quantitative estimate of drug-likeness (QED) is 0.240. The number of hydrogen-bond donors (Lipinski definition) is 2. The van der Waals surface area contributed by atoms with E-state index in [9.17, 15) is 9.59 Å². The zero-order chi connectivity index (χ0) is 32.2. The number of fused-ring (bicyclic) bond motifs is 1. The summed E-state index contributed by atoms with van der Waals surface area (Å²) in [5, 5.41) is 6.62. The molecule has 2 aliphatic heterocycles. The number of nitrogens with zero attached hydrogens (tertiary/aromatic N) is 5. The molecule has 0 spiro atoms. The van der Waals surface area contributed by atoms with Gasteiger partial charge in [-0.1, -0.05) is 12.1 Å². The lowest BCUT2D eigenvalue weighted by atomic mass is 9.88. The molecule has 2 aromatic heterocycles. The van der Waals surface area contributed by atoms with Crippen molar-refractivity contribution in [3.63, 3.8) is 0 Å². The molecule has 2 saturated heterocycles. The van der Waals surface area contributed by atoms with Gasteiger partial charge in [-0.25, -0.2) is 9.78 Å². The van der Waals surface area contributed by atoms with Gasteiger partial charge in [0.05, 0.1) is 18.2 Å². The molecular formula is C36H45N7O3. The van der Waals surface area contributed by atoms with Crippen molar-refractivity contribution in [2.24, 2.45) is 0 Å². The number of pyridine rings is 1. The van der Waals surface area contributed by atoms with Gasteiger partial charge in [-0.3, -0.25) is 14.3 Å². The molecular weight excluding hydrogens is 578 g/mol. The normalized spacial score (nSPS) is 16.5. The van der Waals surface area contributed by atoms with Crippen LogP contribution in [-0.4, -0.2) is 96.9 Å². The van der Waals surface area contributed by atoms with E-state index in [0.717, 1.165) is 54.3 Å². The van der Waals surface area contributed by atoms with Gasteiger partial charge >= 0.3 is 6.03 Å². The number of likely N-dealkylation sites (tertiary alicyclic amines) is 2. The van der Waals surface area contributed by atoms with Crippen LogP contribution in [0.1, 0.15) is 48.5 Å². The number of amides is 2. The van der Waals surface area contributed by atoms with Crippen molar-refractivity contribution in [2.45, 2.75) is 44.8 Å². The molecule has 0 atom stereocenters. The van der Waals surface area contributed by atoms with Crippen LogP contribution in [0.3, 0.4) is 0 Å². The molecule has 2 amide bonds. The van der Waals surface area contributed by atoms with Gasteiger partial charge < -0.3 is 25.2 Å². The largest absolute Gasteiger partial charge is 0.377 e. The van der Waals surface area contributed by atoms with E-state index in [0.29, 0.717) is 30.5 Å². The molecule has 0 saturated carbocycles. The summed E-state index contributed by atoms with van der Waals surface area (Å²) in [6.07, 6.45) is 5.90. The topological polar surface area (TPSA) is 95.0 Å². The van der Waals surface area contributed by atoms with Crippen LogP contribution < -0.4 is 15.5 Å². The van der Waals surface area contributed by atoms with Crippen LogP contribution in [0.25, 0.3) is 10.9 Å². The van der Waals surface area contributed by atoms with Crippen molar-refractivity contribution < 1.29 is 14.3 Å². The number of anilines is 3. The second-order valence-corrected chi connectivity index (χ2v) is 12.7. The average molecular weight is 624 g/mol. The minimum Gasteiger partial charge on any atom is -0.377 e. The summed E-state index contributed by atoms with van der Waals surface area (Å²) in [6, 6.07) is 20.3. The summed E-state index contributed by atoms with van der Waals surface area (Å²) in [6.45, 7) is 9.79. The van der Waals surface area contributed by atoms with Gasteiger partial charge in [0.25, 0.3) is 5.91 Å². The Balaban J connectivity index is 1.14. The average Bonchev–Trinajstić information content (AvgIpc) is 3.48. The van der Waals surface area contributed by atoms with E-state index >= 15 is 0 Å². The van der Waals surface area contributed by atoms with Crippen LogP contribution in [0.15, 0.2) is 73.1 Å². The molecule has 10 nitrogen and oxygen atoms in total. The molecule has 0 aliphatic carbocycles. The lowest BCUT2D eigenvalue weighted by Gasteiger charge is -2.46. The Bertz CT molecular complexity index is 1650. The third kappa shape index (κ3) is 7.09. The molecule has 2 N–H and O–H groups in total. The standard InChI is InChI=1S/C36H45N7O3/c1-25(2)46-20-19-42(30-9-10-33-29(21-30)14-18-43(33)36(45)37-3)31-11-15-38-34(22-31)39-35(44)28-7-5-26(6-8-28)27-12-16-41(17-13-27)32-23-40(4)24-32/h5-11,14-15,18,21-22,25,27,32H,12-13,16-17,19-20,23-24H2,1-4H3,(H,37,45)(H,38,39,44). The molecule has 242 valence electrons. The highest BCUT2D eigenvalue weighted by atomic mass is 16.5. The predicted molar refractivity (Wildman–Crippen MR) is 183 cm³/mol. The van der Waals surface area contributed by atoms with Crippen LogP contribution >= 0.6 is 0 Å². The molecule has 2 aromatic carbocycles. The van der Waals surface area contributed by atoms with E-state index in [4.69, 9.17) is 4.74 Å². The van der Waals surface area contributed by atoms with Gasteiger partial charge in [0.2, 0.25) is 0 Å². The summed E-state index contributed by atoms with van der Waals surface area (Å²) in [5.74, 6) is 0.825. The molecule has 4 heterocycles. The Kier molecular flexibility index (Phi) is 9.67. The lowest BCUT2D eigenvalue weighted by Crippen LogP contribution is -2.59. The van der Waals surface area contributed by atoms with Crippen molar-refractivity contribution in [1.29, 1.82) is 0 Å². The molecule has 6 rings (SSSR count). The Morgan fingerprint density at radius 1 is 1.00 bits per heavy atom. The van der Waals surface area contributed by atoms with Gasteiger partial charge in [0, 0.05) is 73.5 Å². The first kappa shape index (κ1) is 31.7. The molecule has 10 heteroatoms. The molecule has 0 radical (unpaired) electrons. The maximum absolute atomic E-state index is 13.3.